The Morgan fingerprint density at radius 2 is 1.85 bits per heavy atom. The van der Waals surface area contributed by atoms with E-state index in [9.17, 15) is 18.0 Å². The second-order valence-electron chi connectivity index (χ2n) is 7.55. The Hall–Kier alpha value is -4.21. The lowest BCUT2D eigenvalue weighted by Gasteiger charge is -2.17. The smallest absolute Gasteiger partial charge is 0.383 e. The first-order chi connectivity index (χ1) is 16.2. The summed E-state index contributed by atoms with van der Waals surface area (Å²) < 4.78 is 38.8. The Kier molecular flexibility index (Phi) is 6.31. The number of carbonyl (C=O) groups excluding carboxylic acids is 1. The molecule has 1 aliphatic heterocycles. The number of hydrogen-bond acceptors (Lipinski definition) is 3. The molecule has 4 rings (SSSR count). The topological polar surface area (TPSA) is 105 Å². The minimum Gasteiger partial charge on any atom is -0.383 e. The normalized spacial score (nSPS) is 14.4. The van der Waals surface area contributed by atoms with Crippen LogP contribution in [0.25, 0.3) is 11.1 Å². The Balaban J connectivity index is 1.51. The minimum absolute atomic E-state index is 0.0933. The van der Waals surface area contributed by atoms with Gasteiger partial charge in [-0.2, -0.15) is 18.2 Å². The summed E-state index contributed by atoms with van der Waals surface area (Å²) >= 11 is 0. The number of aromatic nitrogens is 1. The molecule has 2 heterocycles. The summed E-state index contributed by atoms with van der Waals surface area (Å²) in [6.45, 7) is 0.585. The molecule has 0 radical (unpaired) electrons. The molecule has 3 aromatic rings. The lowest BCUT2D eigenvalue weighted by atomic mass is 10.00. The van der Waals surface area contributed by atoms with Crippen molar-refractivity contribution in [1.29, 1.82) is 0 Å². The van der Waals surface area contributed by atoms with Gasteiger partial charge >= 0.3 is 6.18 Å². The number of alkyl halides is 3. The first-order valence-electron chi connectivity index (χ1n) is 10.4. The summed E-state index contributed by atoms with van der Waals surface area (Å²) in [4.78, 5) is 23.7. The molecule has 0 atom stereocenters. The second kappa shape index (κ2) is 9.34. The van der Waals surface area contributed by atoms with Gasteiger partial charge in [0, 0.05) is 36.6 Å². The summed E-state index contributed by atoms with van der Waals surface area (Å²) in [5, 5.41) is 5.89. The molecule has 0 aliphatic carbocycles. The highest BCUT2D eigenvalue weighted by molar-refractivity contribution is 6.08. The molecule has 10 heteroatoms. The van der Waals surface area contributed by atoms with E-state index in [2.05, 4.69) is 25.6 Å². The van der Waals surface area contributed by atoms with Crippen LogP contribution in [0.4, 0.5) is 18.9 Å². The van der Waals surface area contributed by atoms with Crippen LogP contribution in [0.2, 0.25) is 0 Å². The largest absolute Gasteiger partial charge is 0.433 e. The van der Waals surface area contributed by atoms with Crippen molar-refractivity contribution in [1.82, 2.24) is 10.3 Å². The van der Waals surface area contributed by atoms with Crippen molar-refractivity contribution >= 4 is 23.4 Å². The minimum atomic E-state index is -4.51. The van der Waals surface area contributed by atoms with Gasteiger partial charge in [-0.15, -0.1) is 0 Å². The first-order valence-corrected chi connectivity index (χ1v) is 10.4. The van der Waals surface area contributed by atoms with Gasteiger partial charge in [0.25, 0.3) is 5.91 Å². The number of benzene rings is 2. The molecule has 2 aromatic carbocycles. The summed E-state index contributed by atoms with van der Waals surface area (Å²) in [6.07, 6.45) is -2.65. The highest BCUT2D eigenvalue weighted by Gasteiger charge is 2.32. The molecule has 4 N–H and O–H groups in total. The van der Waals surface area contributed by atoms with Crippen molar-refractivity contribution in [3.8, 4) is 11.1 Å². The number of nitrogens with zero attached hydrogens (tertiary/aromatic N) is 3. The maximum absolute atomic E-state index is 12.9. The summed E-state index contributed by atoms with van der Waals surface area (Å²) in [6, 6.07) is 14.6. The number of carbonyl (C=O) groups is 1. The van der Waals surface area contributed by atoms with Gasteiger partial charge in [-0.25, -0.2) is 0 Å². The van der Waals surface area contributed by atoms with Crippen LogP contribution in [0.5, 0.6) is 0 Å². The zero-order valence-electron chi connectivity index (χ0n) is 18.1. The number of amides is 1. The van der Waals surface area contributed by atoms with E-state index in [-0.39, 0.29) is 17.7 Å². The Morgan fingerprint density at radius 1 is 1.09 bits per heavy atom. The highest BCUT2D eigenvalue weighted by atomic mass is 19.4. The van der Waals surface area contributed by atoms with Gasteiger partial charge < -0.3 is 16.4 Å². The predicted molar refractivity (Wildman–Crippen MR) is 125 cm³/mol. The maximum atomic E-state index is 12.9. The molecule has 0 bridgehead atoms. The van der Waals surface area contributed by atoms with Crippen molar-refractivity contribution in [3.63, 3.8) is 0 Å². The molecule has 174 valence electrons. The van der Waals surface area contributed by atoms with E-state index >= 15 is 0 Å². The molecule has 0 saturated heterocycles. The van der Waals surface area contributed by atoms with E-state index in [1.165, 1.54) is 6.07 Å². The zero-order chi connectivity index (χ0) is 24.3. The van der Waals surface area contributed by atoms with E-state index in [0.717, 1.165) is 29.9 Å². The number of amidine groups is 1. The number of hydrogen-bond donors (Lipinski definition) is 3. The summed E-state index contributed by atoms with van der Waals surface area (Å²) in [7, 11) is 1.57. The van der Waals surface area contributed by atoms with E-state index in [1.807, 2.05) is 6.07 Å². The molecular formula is C24H21F3N6O. The van der Waals surface area contributed by atoms with Gasteiger partial charge in [0.1, 0.15) is 11.5 Å². The van der Waals surface area contributed by atoms with Crippen LogP contribution in [0.1, 0.15) is 27.2 Å². The number of aliphatic imine (C=N–C) groups is 2. The van der Waals surface area contributed by atoms with Crippen LogP contribution >= 0.6 is 0 Å². The summed E-state index contributed by atoms with van der Waals surface area (Å²) in [5.74, 6) is 0.359. The first kappa shape index (κ1) is 23.0. The van der Waals surface area contributed by atoms with Crippen LogP contribution < -0.4 is 16.4 Å². The van der Waals surface area contributed by atoms with Gasteiger partial charge in [0.2, 0.25) is 5.96 Å². The van der Waals surface area contributed by atoms with Gasteiger partial charge in [-0.05, 0) is 53.4 Å². The molecule has 0 saturated carbocycles. The predicted octanol–water partition coefficient (Wildman–Crippen LogP) is 3.86. The summed E-state index contributed by atoms with van der Waals surface area (Å²) in [5.41, 5.74) is 9.05. The maximum Gasteiger partial charge on any atom is 0.433 e. The van der Waals surface area contributed by atoms with Crippen LogP contribution in [-0.2, 0) is 12.6 Å². The molecule has 34 heavy (non-hydrogen) atoms. The Morgan fingerprint density at radius 3 is 2.56 bits per heavy atom. The fourth-order valence-corrected chi connectivity index (χ4v) is 3.55. The Bertz CT molecular complexity index is 1280. The third-order valence-corrected chi connectivity index (χ3v) is 5.29. The van der Waals surface area contributed by atoms with Gasteiger partial charge in [-0.1, -0.05) is 24.3 Å². The molecular weight excluding hydrogens is 445 g/mol. The van der Waals surface area contributed by atoms with E-state index in [0.29, 0.717) is 28.8 Å². The molecule has 0 unspecified atom stereocenters. The number of fused-ring (bicyclic) bond motifs is 1. The van der Waals surface area contributed by atoms with E-state index in [4.69, 9.17) is 5.73 Å². The van der Waals surface area contributed by atoms with Gasteiger partial charge in [0.05, 0.1) is 0 Å². The van der Waals surface area contributed by atoms with Crippen LogP contribution in [-0.4, -0.2) is 36.3 Å². The third kappa shape index (κ3) is 5.06. The Labute approximate surface area is 193 Å². The molecule has 0 spiro atoms. The van der Waals surface area contributed by atoms with Crippen molar-refractivity contribution in [3.05, 3.63) is 83.2 Å². The fraction of sp³-hybridized carbons (Fsp3) is 0.167. The van der Waals surface area contributed by atoms with Crippen molar-refractivity contribution in [2.24, 2.45) is 15.7 Å². The van der Waals surface area contributed by atoms with Crippen LogP contribution in [0.3, 0.4) is 0 Å². The van der Waals surface area contributed by atoms with Crippen molar-refractivity contribution in [2.75, 3.05) is 18.9 Å². The van der Waals surface area contributed by atoms with Crippen LogP contribution in [0, 0.1) is 0 Å². The number of nitrogens with one attached hydrogen (secondary N) is 2. The van der Waals surface area contributed by atoms with Crippen molar-refractivity contribution < 1.29 is 18.0 Å². The number of halogens is 3. The van der Waals surface area contributed by atoms with Crippen molar-refractivity contribution in [2.45, 2.75) is 12.6 Å². The average Bonchev–Trinajstić information content (AvgIpc) is 2.83. The number of guanidine groups is 1. The number of anilines is 1. The standard InChI is InChI=1S/C24H21F3N6O/c1-29-23(32-18-6-7-19-17(12-18)9-11-31-22(19)34)33-21(28)15-4-2-14(3-5-15)16-8-10-30-20(13-16)24(25,26)27/h2-8,10,12-13H,9,11H2,1H3,(H,31,34)(H3,28,29,32,33). The highest BCUT2D eigenvalue weighted by Crippen LogP contribution is 2.30. The van der Waals surface area contributed by atoms with E-state index < -0.39 is 11.9 Å². The number of rotatable bonds is 3. The molecule has 1 aliphatic rings. The van der Waals surface area contributed by atoms with Gasteiger partial charge in [-0.3, -0.25) is 14.8 Å². The number of pyridine rings is 1. The lowest BCUT2D eigenvalue weighted by Crippen LogP contribution is -2.31. The SMILES string of the molecule is CN=C(/N=C(\N)c1ccc(-c2ccnc(C(F)(F)F)c2)cc1)Nc1ccc2c(c1)CCNC2=O. The molecule has 1 amide bonds. The average molecular weight is 466 g/mol. The molecule has 7 nitrogen and oxygen atoms in total. The fourth-order valence-electron chi connectivity index (χ4n) is 3.55. The van der Waals surface area contributed by atoms with Gasteiger partial charge in [0.15, 0.2) is 0 Å². The second-order valence-corrected chi connectivity index (χ2v) is 7.55. The van der Waals surface area contributed by atoms with E-state index in [1.54, 1.807) is 43.4 Å². The molecule has 0 fully saturated rings. The number of nitrogens with two attached hydrogens (primary N) is 1. The third-order valence-electron chi connectivity index (χ3n) is 5.29. The molecule has 1 aromatic heterocycles. The monoisotopic (exact) mass is 466 g/mol. The van der Waals surface area contributed by atoms with Crippen LogP contribution in [0.15, 0.2) is 70.8 Å². The quantitative estimate of drug-likeness (QED) is 0.403. The lowest BCUT2D eigenvalue weighted by molar-refractivity contribution is -0.141. The zero-order valence-corrected chi connectivity index (χ0v) is 18.1.